The highest BCUT2D eigenvalue weighted by molar-refractivity contribution is 5.68. The molecule has 1 fully saturated rings. The topological polar surface area (TPSA) is 20.3 Å². The third kappa shape index (κ3) is 3.94. The molecule has 1 aliphatic rings. The molecular formula is C19H29NO. The lowest BCUT2D eigenvalue weighted by molar-refractivity contribution is -0.113. The fourth-order valence-electron chi connectivity index (χ4n) is 3.49. The van der Waals surface area contributed by atoms with Gasteiger partial charge in [0.1, 0.15) is 6.29 Å². The minimum absolute atomic E-state index is 0.414. The summed E-state index contributed by atoms with van der Waals surface area (Å²) in [5.74, 6) is 0. The molecule has 0 aromatic heterocycles. The van der Waals surface area contributed by atoms with E-state index in [0.717, 1.165) is 18.4 Å². The number of hydrogen-bond acceptors (Lipinski definition) is 2. The molecule has 1 unspecified atom stereocenters. The summed E-state index contributed by atoms with van der Waals surface area (Å²) in [6.45, 7) is 7.58. The van der Waals surface area contributed by atoms with Crippen LogP contribution in [0.5, 0.6) is 0 Å². The van der Waals surface area contributed by atoms with Crippen molar-refractivity contribution in [2.75, 3.05) is 13.6 Å². The summed E-state index contributed by atoms with van der Waals surface area (Å²) in [4.78, 5) is 14.1. The van der Waals surface area contributed by atoms with Gasteiger partial charge in [0.15, 0.2) is 0 Å². The summed E-state index contributed by atoms with van der Waals surface area (Å²) in [5.41, 5.74) is 1.19. The van der Waals surface area contributed by atoms with Crippen LogP contribution in [0.3, 0.4) is 0 Å². The summed E-state index contributed by atoms with van der Waals surface area (Å²) < 4.78 is 0. The standard InChI is InChI=1S/C19H29NO/c1-18(2)12-10-17(11-13-18)20(4)14-19(3,15-21)16-8-6-5-7-9-16/h5-9,15,17H,10-14H2,1-4H3. The normalized spacial score (nSPS) is 22.0. The fourth-order valence-corrected chi connectivity index (χ4v) is 3.49. The van der Waals surface area contributed by atoms with Gasteiger partial charge >= 0.3 is 0 Å². The van der Waals surface area contributed by atoms with Gasteiger partial charge in [-0.3, -0.25) is 0 Å². The Morgan fingerprint density at radius 2 is 1.81 bits per heavy atom. The Bertz CT molecular complexity index is 458. The molecule has 0 bridgehead atoms. The smallest absolute Gasteiger partial charge is 0.131 e. The van der Waals surface area contributed by atoms with Gasteiger partial charge in [0, 0.05) is 12.6 Å². The third-order valence-corrected chi connectivity index (χ3v) is 5.20. The maximum Gasteiger partial charge on any atom is 0.131 e. The molecule has 116 valence electrons. The van der Waals surface area contributed by atoms with E-state index >= 15 is 0 Å². The molecule has 0 aliphatic heterocycles. The highest BCUT2D eigenvalue weighted by Gasteiger charge is 2.33. The molecule has 0 heterocycles. The molecule has 1 aliphatic carbocycles. The number of hydrogen-bond donors (Lipinski definition) is 0. The van der Waals surface area contributed by atoms with Crippen molar-refractivity contribution in [2.24, 2.45) is 5.41 Å². The van der Waals surface area contributed by atoms with Crippen molar-refractivity contribution in [1.82, 2.24) is 4.90 Å². The highest BCUT2D eigenvalue weighted by atomic mass is 16.1. The van der Waals surface area contributed by atoms with Gasteiger partial charge < -0.3 is 9.69 Å². The molecule has 0 saturated heterocycles. The number of aldehydes is 1. The van der Waals surface area contributed by atoms with Crippen LogP contribution in [0.4, 0.5) is 0 Å². The average molecular weight is 287 g/mol. The van der Waals surface area contributed by atoms with Crippen molar-refractivity contribution in [3.63, 3.8) is 0 Å². The Labute approximate surface area is 129 Å². The van der Waals surface area contributed by atoms with Gasteiger partial charge in [-0.2, -0.15) is 0 Å². The summed E-state index contributed by atoms with van der Waals surface area (Å²) in [6.07, 6.45) is 6.17. The summed E-state index contributed by atoms with van der Waals surface area (Å²) >= 11 is 0. The van der Waals surface area contributed by atoms with Crippen LogP contribution >= 0.6 is 0 Å². The molecule has 0 radical (unpaired) electrons. The Morgan fingerprint density at radius 3 is 2.33 bits per heavy atom. The van der Waals surface area contributed by atoms with E-state index in [1.165, 1.54) is 25.7 Å². The fraction of sp³-hybridized carbons (Fsp3) is 0.632. The minimum atomic E-state index is -0.414. The second kappa shape index (κ2) is 6.31. The van der Waals surface area contributed by atoms with Crippen molar-refractivity contribution in [2.45, 2.75) is 57.9 Å². The Kier molecular flexibility index (Phi) is 4.88. The quantitative estimate of drug-likeness (QED) is 0.762. The van der Waals surface area contributed by atoms with Crippen LogP contribution in [0.15, 0.2) is 30.3 Å². The van der Waals surface area contributed by atoms with E-state index in [9.17, 15) is 4.79 Å². The first-order chi connectivity index (χ1) is 9.86. The maximum atomic E-state index is 11.7. The molecule has 0 amide bonds. The first-order valence-electron chi connectivity index (χ1n) is 8.08. The van der Waals surface area contributed by atoms with Gasteiger partial charge in [-0.05, 0) is 50.6 Å². The van der Waals surface area contributed by atoms with Gasteiger partial charge in [0.05, 0.1) is 5.41 Å². The van der Waals surface area contributed by atoms with Crippen LogP contribution in [0.25, 0.3) is 0 Å². The van der Waals surface area contributed by atoms with Gasteiger partial charge in [-0.25, -0.2) is 0 Å². The first kappa shape index (κ1) is 16.2. The zero-order chi connectivity index (χ0) is 15.5. The summed E-state index contributed by atoms with van der Waals surface area (Å²) in [7, 11) is 2.17. The number of benzene rings is 1. The van der Waals surface area contributed by atoms with Gasteiger partial charge in [0.2, 0.25) is 0 Å². The van der Waals surface area contributed by atoms with Crippen molar-refractivity contribution in [3.8, 4) is 0 Å². The van der Waals surface area contributed by atoms with E-state index in [2.05, 4.69) is 44.9 Å². The molecule has 1 atom stereocenters. The second-order valence-electron chi connectivity index (χ2n) is 7.71. The van der Waals surface area contributed by atoms with Gasteiger partial charge in [0.25, 0.3) is 0 Å². The average Bonchev–Trinajstić information content (AvgIpc) is 2.47. The maximum absolute atomic E-state index is 11.7. The molecule has 1 aromatic rings. The summed E-state index contributed by atoms with van der Waals surface area (Å²) in [6, 6.07) is 10.8. The largest absolute Gasteiger partial charge is 0.302 e. The van der Waals surface area contributed by atoms with Crippen LogP contribution in [-0.4, -0.2) is 30.8 Å². The van der Waals surface area contributed by atoms with Crippen molar-refractivity contribution in [3.05, 3.63) is 35.9 Å². The highest BCUT2D eigenvalue weighted by Crippen LogP contribution is 2.37. The predicted molar refractivity (Wildman–Crippen MR) is 88.5 cm³/mol. The molecular weight excluding hydrogens is 258 g/mol. The molecule has 21 heavy (non-hydrogen) atoms. The SMILES string of the molecule is CN(CC(C)(C=O)c1ccccc1)C1CCC(C)(C)CC1. The summed E-state index contributed by atoms with van der Waals surface area (Å²) in [5, 5.41) is 0. The number of nitrogens with zero attached hydrogens (tertiary/aromatic N) is 1. The van der Waals surface area contributed by atoms with Crippen molar-refractivity contribution in [1.29, 1.82) is 0 Å². The molecule has 1 saturated carbocycles. The van der Waals surface area contributed by atoms with E-state index in [0.29, 0.717) is 11.5 Å². The zero-order valence-electron chi connectivity index (χ0n) is 13.9. The van der Waals surface area contributed by atoms with E-state index in [1.54, 1.807) is 0 Å². The van der Waals surface area contributed by atoms with E-state index in [1.807, 2.05) is 18.2 Å². The van der Waals surface area contributed by atoms with E-state index in [4.69, 9.17) is 0 Å². The zero-order valence-corrected chi connectivity index (χ0v) is 13.9. The van der Waals surface area contributed by atoms with E-state index < -0.39 is 5.41 Å². The lowest BCUT2D eigenvalue weighted by atomic mass is 9.74. The molecule has 2 nitrogen and oxygen atoms in total. The number of carbonyl (C=O) groups excluding carboxylic acids is 1. The predicted octanol–water partition coefficient (Wildman–Crippen LogP) is 4.04. The Morgan fingerprint density at radius 1 is 1.24 bits per heavy atom. The van der Waals surface area contributed by atoms with Crippen LogP contribution in [0.2, 0.25) is 0 Å². The molecule has 0 spiro atoms. The van der Waals surface area contributed by atoms with Gasteiger partial charge in [-0.15, -0.1) is 0 Å². The second-order valence-corrected chi connectivity index (χ2v) is 7.71. The minimum Gasteiger partial charge on any atom is -0.302 e. The first-order valence-corrected chi connectivity index (χ1v) is 8.08. The third-order valence-electron chi connectivity index (χ3n) is 5.20. The monoisotopic (exact) mass is 287 g/mol. The van der Waals surface area contributed by atoms with Crippen molar-refractivity contribution >= 4 is 6.29 Å². The Hall–Kier alpha value is -1.15. The molecule has 2 rings (SSSR count). The van der Waals surface area contributed by atoms with Crippen LogP contribution < -0.4 is 0 Å². The van der Waals surface area contributed by atoms with E-state index in [-0.39, 0.29) is 0 Å². The molecule has 0 N–H and O–H groups in total. The van der Waals surface area contributed by atoms with Crippen LogP contribution in [-0.2, 0) is 10.2 Å². The lowest BCUT2D eigenvalue weighted by Crippen LogP contribution is -2.45. The molecule has 1 aromatic carbocycles. The lowest BCUT2D eigenvalue weighted by Gasteiger charge is -2.41. The number of carbonyl (C=O) groups is 1. The van der Waals surface area contributed by atoms with Gasteiger partial charge in [-0.1, -0.05) is 44.2 Å². The Balaban J connectivity index is 2.03. The van der Waals surface area contributed by atoms with Crippen molar-refractivity contribution < 1.29 is 4.79 Å². The van der Waals surface area contributed by atoms with Crippen LogP contribution in [0, 0.1) is 5.41 Å². The van der Waals surface area contributed by atoms with Crippen LogP contribution in [0.1, 0.15) is 52.0 Å². The number of likely N-dealkylation sites (N-methyl/N-ethyl adjacent to an activating group) is 1. The number of rotatable bonds is 5. The molecule has 2 heteroatoms.